The van der Waals surface area contributed by atoms with Crippen LogP contribution in [0.4, 0.5) is 10.1 Å². The molecule has 0 bridgehead atoms. The van der Waals surface area contributed by atoms with Crippen LogP contribution in [0.1, 0.15) is 25.6 Å². The summed E-state index contributed by atoms with van der Waals surface area (Å²) in [4.78, 5) is 28.5. The SMILES string of the molecule is CC(C)CNC(=O)C(=O)NC[C@@H](c1ccco1)N1CCN(c2ccc(F)cc2)CC1. The zero-order chi connectivity index (χ0) is 21.5. The molecule has 1 aliphatic rings. The highest BCUT2D eigenvalue weighted by Crippen LogP contribution is 2.24. The Morgan fingerprint density at radius 3 is 2.20 bits per heavy atom. The van der Waals surface area contributed by atoms with E-state index in [1.165, 1.54) is 12.1 Å². The van der Waals surface area contributed by atoms with Crippen LogP contribution in [0.5, 0.6) is 0 Å². The molecule has 1 atom stereocenters. The van der Waals surface area contributed by atoms with Gasteiger partial charge in [0.25, 0.3) is 0 Å². The third kappa shape index (κ3) is 5.82. The van der Waals surface area contributed by atoms with E-state index < -0.39 is 11.8 Å². The van der Waals surface area contributed by atoms with Crippen molar-refractivity contribution in [1.82, 2.24) is 15.5 Å². The molecule has 162 valence electrons. The molecule has 0 saturated carbocycles. The van der Waals surface area contributed by atoms with Crippen molar-refractivity contribution in [1.29, 1.82) is 0 Å². The van der Waals surface area contributed by atoms with Crippen LogP contribution < -0.4 is 15.5 Å². The predicted molar refractivity (Wildman–Crippen MR) is 112 cm³/mol. The summed E-state index contributed by atoms with van der Waals surface area (Å²) in [5.74, 6) is -0.494. The van der Waals surface area contributed by atoms with Crippen LogP contribution in [-0.4, -0.2) is 56.0 Å². The Morgan fingerprint density at radius 1 is 1.00 bits per heavy atom. The molecule has 1 fully saturated rings. The van der Waals surface area contributed by atoms with E-state index in [1.807, 2.05) is 26.0 Å². The molecule has 1 aromatic carbocycles. The summed E-state index contributed by atoms with van der Waals surface area (Å²) in [6, 6.07) is 10.0. The minimum atomic E-state index is -0.642. The first kappa shape index (κ1) is 21.8. The maximum atomic E-state index is 13.2. The fourth-order valence-electron chi connectivity index (χ4n) is 3.48. The molecule has 0 aliphatic carbocycles. The van der Waals surface area contributed by atoms with Gasteiger partial charge in [-0.1, -0.05) is 13.8 Å². The summed E-state index contributed by atoms with van der Waals surface area (Å²) in [6.45, 7) is 7.71. The second-order valence-electron chi connectivity index (χ2n) is 7.84. The molecule has 1 aromatic heterocycles. The molecule has 0 spiro atoms. The van der Waals surface area contributed by atoms with Crippen LogP contribution in [0.25, 0.3) is 0 Å². The lowest BCUT2D eigenvalue weighted by Gasteiger charge is -2.39. The molecule has 0 radical (unpaired) electrons. The van der Waals surface area contributed by atoms with E-state index in [0.717, 1.165) is 37.6 Å². The molecule has 1 aliphatic heterocycles. The highest BCUT2D eigenvalue weighted by atomic mass is 19.1. The van der Waals surface area contributed by atoms with Crippen molar-refractivity contribution < 1.29 is 18.4 Å². The topological polar surface area (TPSA) is 77.8 Å². The Balaban J connectivity index is 1.58. The number of nitrogens with one attached hydrogen (secondary N) is 2. The van der Waals surface area contributed by atoms with Crippen molar-refractivity contribution in [3.05, 3.63) is 54.2 Å². The van der Waals surface area contributed by atoms with Crippen LogP contribution in [-0.2, 0) is 9.59 Å². The number of piperazine rings is 1. The number of nitrogens with zero attached hydrogens (tertiary/aromatic N) is 2. The fourth-order valence-corrected chi connectivity index (χ4v) is 3.48. The Bertz CT molecular complexity index is 815. The Hall–Kier alpha value is -2.87. The maximum absolute atomic E-state index is 13.2. The third-order valence-corrected chi connectivity index (χ3v) is 5.15. The van der Waals surface area contributed by atoms with E-state index in [0.29, 0.717) is 6.54 Å². The molecule has 2 heterocycles. The number of halogens is 1. The highest BCUT2D eigenvalue weighted by molar-refractivity contribution is 6.35. The highest BCUT2D eigenvalue weighted by Gasteiger charge is 2.28. The summed E-state index contributed by atoms with van der Waals surface area (Å²) < 4.78 is 18.8. The first-order chi connectivity index (χ1) is 14.4. The summed E-state index contributed by atoms with van der Waals surface area (Å²) >= 11 is 0. The molecular formula is C22H29FN4O3. The normalized spacial score (nSPS) is 15.8. The van der Waals surface area contributed by atoms with Gasteiger partial charge in [0.2, 0.25) is 0 Å². The summed E-state index contributed by atoms with van der Waals surface area (Å²) in [5.41, 5.74) is 0.987. The lowest BCUT2D eigenvalue weighted by Crippen LogP contribution is -2.51. The van der Waals surface area contributed by atoms with Crippen molar-refractivity contribution in [2.75, 3.05) is 44.2 Å². The number of anilines is 1. The van der Waals surface area contributed by atoms with Gasteiger partial charge in [0.1, 0.15) is 11.6 Å². The second kappa shape index (κ2) is 10.2. The van der Waals surface area contributed by atoms with E-state index in [2.05, 4.69) is 20.4 Å². The second-order valence-corrected chi connectivity index (χ2v) is 7.84. The van der Waals surface area contributed by atoms with Crippen molar-refractivity contribution in [3.63, 3.8) is 0 Å². The number of benzene rings is 1. The van der Waals surface area contributed by atoms with Crippen molar-refractivity contribution >= 4 is 17.5 Å². The van der Waals surface area contributed by atoms with Crippen LogP contribution in [0.2, 0.25) is 0 Å². The fraction of sp³-hybridized carbons (Fsp3) is 0.455. The lowest BCUT2D eigenvalue weighted by atomic mass is 10.1. The number of carbonyl (C=O) groups is 2. The van der Waals surface area contributed by atoms with Crippen LogP contribution in [0.3, 0.4) is 0 Å². The first-order valence-electron chi connectivity index (χ1n) is 10.3. The third-order valence-electron chi connectivity index (χ3n) is 5.15. The zero-order valence-electron chi connectivity index (χ0n) is 17.4. The average Bonchev–Trinajstić information content (AvgIpc) is 3.27. The van der Waals surface area contributed by atoms with Gasteiger partial charge in [-0.15, -0.1) is 0 Å². The average molecular weight is 416 g/mol. The molecule has 8 heteroatoms. The van der Waals surface area contributed by atoms with Crippen LogP contribution in [0.15, 0.2) is 47.1 Å². The molecule has 7 nitrogen and oxygen atoms in total. The number of hydrogen-bond acceptors (Lipinski definition) is 5. The molecule has 2 amide bonds. The van der Waals surface area contributed by atoms with Gasteiger partial charge in [-0.3, -0.25) is 14.5 Å². The van der Waals surface area contributed by atoms with Gasteiger partial charge in [-0.2, -0.15) is 0 Å². The van der Waals surface area contributed by atoms with Crippen molar-refractivity contribution in [3.8, 4) is 0 Å². The zero-order valence-corrected chi connectivity index (χ0v) is 17.4. The van der Waals surface area contributed by atoms with Gasteiger partial charge in [0.05, 0.1) is 12.3 Å². The van der Waals surface area contributed by atoms with Gasteiger partial charge < -0.3 is 20.0 Å². The van der Waals surface area contributed by atoms with E-state index in [-0.39, 0.29) is 24.3 Å². The van der Waals surface area contributed by atoms with Crippen molar-refractivity contribution in [2.24, 2.45) is 5.92 Å². The predicted octanol–water partition coefficient (Wildman–Crippen LogP) is 2.17. The van der Waals surface area contributed by atoms with E-state index in [4.69, 9.17) is 4.42 Å². The molecule has 1 saturated heterocycles. The number of carbonyl (C=O) groups excluding carboxylic acids is 2. The minimum absolute atomic E-state index is 0.169. The molecule has 2 N–H and O–H groups in total. The summed E-state index contributed by atoms with van der Waals surface area (Å²) in [7, 11) is 0. The molecule has 2 aromatic rings. The van der Waals surface area contributed by atoms with Gasteiger partial charge in [0.15, 0.2) is 0 Å². The first-order valence-corrected chi connectivity index (χ1v) is 10.3. The molecule has 30 heavy (non-hydrogen) atoms. The smallest absolute Gasteiger partial charge is 0.309 e. The Labute approximate surface area is 176 Å². The standard InChI is InChI=1S/C22H29FN4O3/c1-16(2)14-24-21(28)22(29)25-15-19(20-4-3-13-30-20)27-11-9-26(10-12-27)18-7-5-17(23)6-8-18/h3-8,13,16,19H,9-12,14-15H2,1-2H3,(H,24,28)(H,25,29)/t19-/m0/s1. The van der Waals surface area contributed by atoms with Crippen molar-refractivity contribution in [2.45, 2.75) is 19.9 Å². The van der Waals surface area contributed by atoms with Gasteiger partial charge in [0, 0.05) is 45.0 Å². The van der Waals surface area contributed by atoms with Crippen LogP contribution in [0, 0.1) is 11.7 Å². The van der Waals surface area contributed by atoms with E-state index in [1.54, 1.807) is 18.4 Å². The van der Waals surface area contributed by atoms with Gasteiger partial charge in [-0.25, -0.2) is 4.39 Å². The lowest BCUT2D eigenvalue weighted by molar-refractivity contribution is -0.139. The monoisotopic (exact) mass is 416 g/mol. The molecular weight excluding hydrogens is 387 g/mol. The Kier molecular flexibility index (Phi) is 7.46. The maximum Gasteiger partial charge on any atom is 0.309 e. The number of furan rings is 1. The van der Waals surface area contributed by atoms with Gasteiger partial charge >= 0.3 is 11.8 Å². The Morgan fingerprint density at radius 2 is 1.63 bits per heavy atom. The van der Waals surface area contributed by atoms with Crippen LogP contribution >= 0.6 is 0 Å². The number of rotatable bonds is 7. The number of amides is 2. The molecule has 0 unspecified atom stereocenters. The molecule has 3 rings (SSSR count). The van der Waals surface area contributed by atoms with Gasteiger partial charge in [-0.05, 0) is 42.3 Å². The summed E-state index contributed by atoms with van der Waals surface area (Å²) in [5, 5.41) is 5.36. The van der Waals surface area contributed by atoms with E-state index in [9.17, 15) is 14.0 Å². The van der Waals surface area contributed by atoms with E-state index >= 15 is 0 Å². The number of hydrogen-bond donors (Lipinski definition) is 2. The largest absolute Gasteiger partial charge is 0.468 e. The minimum Gasteiger partial charge on any atom is -0.468 e. The quantitative estimate of drug-likeness (QED) is 0.677. The summed E-state index contributed by atoms with van der Waals surface area (Å²) in [6.07, 6.45) is 1.61.